The standard InChI is InChI=1S/C11H14N6O2S/c1-8(9-2-4-13-5-3-9)17-20(18,19)10-6-14-11(16-12)15-7-10/h2-8,17H,12H2,1H3,(H,14,15,16). The van der Waals surface area contributed by atoms with Gasteiger partial charge >= 0.3 is 0 Å². The van der Waals surface area contributed by atoms with E-state index in [4.69, 9.17) is 5.84 Å². The van der Waals surface area contributed by atoms with Gasteiger partial charge in [0.25, 0.3) is 0 Å². The summed E-state index contributed by atoms with van der Waals surface area (Å²) in [7, 11) is -3.70. The second kappa shape index (κ2) is 5.90. The summed E-state index contributed by atoms with van der Waals surface area (Å²) >= 11 is 0. The number of aromatic nitrogens is 3. The molecule has 0 spiro atoms. The molecule has 2 heterocycles. The summed E-state index contributed by atoms with van der Waals surface area (Å²) in [5.41, 5.74) is 3.04. The molecule has 1 atom stereocenters. The zero-order valence-corrected chi connectivity index (χ0v) is 11.5. The average molecular weight is 294 g/mol. The van der Waals surface area contributed by atoms with E-state index < -0.39 is 16.1 Å². The number of nitrogens with two attached hydrogens (primary N) is 1. The van der Waals surface area contributed by atoms with Crippen molar-refractivity contribution >= 4 is 16.0 Å². The Bertz CT molecular complexity index is 659. The maximum absolute atomic E-state index is 12.2. The lowest BCUT2D eigenvalue weighted by molar-refractivity contribution is 0.566. The van der Waals surface area contributed by atoms with Crippen LogP contribution < -0.4 is 16.0 Å². The summed E-state index contributed by atoms with van der Waals surface area (Å²) in [5.74, 6) is 5.26. The van der Waals surface area contributed by atoms with E-state index in [0.717, 1.165) is 5.56 Å². The zero-order chi connectivity index (χ0) is 14.6. The van der Waals surface area contributed by atoms with Crippen molar-refractivity contribution in [3.63, 3.8) is 0 Å². The summed E-state index contributed by atoms with van der Waals surface area (Å²) in [4.78, 5) is 11.4. The fourth-order valence-electron chi connectivity index (χ4n) is 1.55. The van der Waals surface area contributed by atoms with E-state index in [1.165, 1.54) is 12.4 Å². The van der Waals surface area contributed by atoms with Gasteiger partial charge in [-0.2, -0.15) is 0 Å². The molecule has 0 amide bonds. The van der Waals surface area contributed by atoms with Crippen LogP contribution in [0.25, 0.3) is 0 Å². The molecule has 4 N–H and O–H groups in total. The van der Waals surface area contributed by atoms with Gasteiger partial charge in [0.1, 0.15) is 4.90 Å². The Labute approximate surface area is 116 Å². The predicted octanol–water partition coefficient (Wildman–Crippen LogP) is 0.197. The van der Waals surface area contributed by atoms with Crippen molar-refractivity contribution in [2.45, 2.75) is 17.9 Å². The SMILES string of the molecule is CC(NS(=O)(=O)c1cnc(NN)nc1)c1ccncc1. The van der Waals surface area contributed by atoms with E-state index >= 15 is 0 Å². The van der Waals surface area contributed by atoms with Crippen LogP contribution in [0.3, 0.4) is 0 Å². The summed E-state index contributed by atoms with van der Waals surface area (Å²) < 4.78 is 26.9. The van der Waals surface area contributed by atoms with Gasteiger partial charge in [-0.25, -0.2) is 29.0 Å². The molecule has 0 aliphatic heterocycles. The van der Waals surface area contributed by atoms with E-state index in [2.05, 4.69) is 25.1 Å². The second-order valence-corrected chi connectivity index (χ2v) is 5.72. The normalized spacial score (nSPS) is 12.9. The Balaban J connectivity index is 2.18. The first-order valence-electron chi connectivity index (χ1n) is 5.74. The average Bonchev–Trinajstić information content (AvgIpc) is 2.48. The lowest BCUT2D eigenvalue weighted by Gasteiger charge is -2.14. The van der Waals surface area contributed by atoms with Crippen LogP contribution >= 0.6 is 0 Å². The smallest absolute Gasteiger partial charge is 0.244 e. The minimum absolute atomic E-state index is 0.0302. The summed E-state index contributed by atoms with van der Waals surface area (Å²) in [6.45, 7) is 1.74. The van der Waals surface area contributed by atoms with Crippen LogP contribution in [0.1, 0.15) is 18.5 Å². The van der Waals surface area contributed by atoms with E-state index in [1.807, 2.05) is 0 Å². The van der Waals surface area contributed by atoms with Crippen molar-refractivity contribution in [3.05, 3.63) is 42.5 Å². The molecule has 2 aromatic rings. The highest BCUT2D eigenvalue weighted by molar-refractivity contribution is 7.89. The van der Waals surface area contributed by atoms with Crippen molar-refractivity contribution in [3.8, 4) is 0 Å². The van der Waals surface area contributed by atoms with Gasteiger partial charge in [-0.15, -0.1) is 0 Å². The van der Waals surface area contributed by atoms with Gasteiger partial charge in [0.2, 0.25) is 16.0 Å². The number of pyridine rings is 1. The largest absolute Gasteiger partial charge is 0.292 e. The van der Waals surface area contributed by atoms with Crippen LogP contribution in [0.4, 0.5) is 5.95 Å². The Kier molecular flexibility index (Phi) is 4.23. The number of hydrogen-bond acceptors (Lipinski definition) is 7. The minimum atomic E-state index is -3.70. The quantitative estimate of drug-likeness (QED) is 0.531. The molecule has 1 unspecified atom stereocenters. The summed E-state index contributed by atoms with van der Waals surface area (Å²) in [6, 6.07) is 3.09. The molecule has 0 saturated carbocycles. The third-order valence-electron chi connectivity index (χ3n) is 2.61. The molecule has 0 radical (unpaired) electrons. The fourth-order valence-corrected chi connectivity index (χ4v) is 2.67. The van der Waals surface area contributed by atoms with Crippen LogP contribution in [-0.4, -0.2) is 23.4 Å². The van der Waals surface area contributed by atoms with Gasteiger partial charge in [-0.05, 0) is 24.6 Å². The highest BCUT2D eigenvalue weighted by atomic mass is 32.2. The molecule has 20 heavy (non-hydrogen) atoms. The Morgan fingerprint density at radius 3 is 2.35 bits per heavy atom. The number of sulfonamides is 1. The maximum Gasteiger partial charge on any atom is 0.244 e. The lowest BCUT2D eigenvalue weighted by atomic mass is 10.1. The van der Waals surface area contributed by atoms with E-state index in [0.29, 0.717) is 0 Å². The van der Waals surface area contributed by atoms with Gasteiger partial charge in [0, 0.05) is 18.4 Å². The Morgan fingerprint density at radius 1 is 1.20 bits per heavy atom. The fraction of sp³-hybridized carbons (Fsp3) is 0.182. The third kappa shape index (κ3) is 3.26. The number of anilines is 1. The van der Waals surface area contributed by atoms with Gasteiger partial charge in [0.15, 0.2) is 0 Å². The van der Waals surface area contributed by atoms with E-state index in [1.54, 1.807) is 31.5 Å². The predicted molar refractivity (Wildman–Crippen MR) is 72.8 cm³/mol. The minimum Gasteiger partial charge on any atom is -0.292 e. The second-order valence-electron chi connectivity index (χ2n) is 4.01. The van der Waals surface area contributed by atoms with Crippen molar-refractivity contribution in [1.29, 1.82) is 0 Å². The van der Waals surface area contributed by atoms with Crippen LogP contribution in [0.2, 0.25) is 0 Å². The van der Waals surface area contributed by atoms with Crippen LogP contribution in [0.15, 0.2) is 41.8 Å². The molecular formula is C11H14N6O2S. The molecule has 0 aromatic carbocycles. The van der Waals surface area contributed by atoms with Crippen LogP contribution in [0, 0.1) is 0 Å². The van der Waals surface area contributed by atoms with Gasteiger partial charge in [-0.3, -0.25) is 10.4 Å². The summed E-state index contributed by atoms with van der Waals surface area (Å²) in [5, 5.41) is 0. The maximum atomic E-state index is 12.2. The first kappa shape index (κ1) is 14.3. The van der Waals surface area contributed by atoms with Crippen molar-refractivity contribution < 1.29 is 8.42 Å². The highest BCUT2D eigenvalue weighted by Gasteiger charge is 2.19. The Morgan fingerprint density at radius 2 is 1.80 bits per heavy atom. The van der Waals surface area contributed by atoms with Crippen LogP contribution in [0.5, 0.6) is 0 Å². The zero-order valence-electron chi connectivity index (χ0n) is 10.7. The molecule has 2 rings (SSSR count). The lowest BCUT2D eigenvalue weighted by Crippen LogP contribution is -2.27. The van der Waals surface area contributed by atoms with Crippen LogP contribution in [-0.2, 0) is 10.0 Å². The first-order valence-corrected chi connectivity index (χ1v) is 7.22. The van der Waals surface area contributed by atoms with Crippen molar-refractivity contribution in [1.82, 2.24) is 19.7 Å². The molecule has 8 nitrogen and oxygen atoms in total. The summed E-state index contributed by atoms with van der Waals surface area (Å²) in [6.07, 6.45) is 5.57. The number of hydrazine groups is 1. The number of rotatable bonds is 5. The molecule has 2 aromatic heterocycles. The van der Waals surface area contributed by atoms with Crippen molar-refractivity contribution in [2.75, 3.05) is 5.43 Å². The number of hydrogen-bond donors (Lipinski definition) is 3. The Hall–Kier alpha value is -2.10. The third-order valence-corrected chi connectivity index (χ3v) is 4.10. The van der Waals surface area contributed by atoms with Gasteiger partial charge in [-0.1, -0.05) is 0 Å². The molecule has 0 bridgehead atoms. The molecule has 0 fully saturated rings. The number of nitrogens with zero attached hydrogens (tertiary/aromatic N) is 3. The molecule has 0 saturated heterocycles. The van der Waals surface area contributed by atoms with E-state index in [9.17, 15) is 8.42 Å². The molecule has 0 aliphatic rings. The molecule has 106 valence electrons. The van der Waals surface area contributed by atoms with Gasteiger partial charge < -0.3 is 0 Å². The first-order chi connectivity index (χ1) is 9.53. The van der Waals surface area contributed by atoms with E-state index in [-0.39, 0.29) is 10.8 Å². The highest BCUT2D eigenvalue weighted by Crippen LogP contribution is 2.15. The van der Waals surface area contributed by atoms with Gasteiger partial charge in [0.05, 0.1) is 12.4 Å². The number of nitrogen functional groups attached to an aromatic ring is 1. The number of nitrogens with one attached hydrogen (secondary N) is 2. The molecule has 9 heteroatoms. The topological polar surface area (TPSA) is 123 Å². The molecule has 0 aliphatic carbocycles. The van der Waals surface area contributed by atoms with Crippen molar-refractivity contribution in [2.24, 2.45) is 5.84 Å². The monoisotopic (exact) mass is 294 g/mol. The molecular weight excluding hydrogens is 280 g/mol.